The van der Waals surface area contributed by atoms with E-state index in [9.17, 15) is 10.2 Å². The highest BCUT2D eigenvalue weighted by Gasteiger charge is 2.58. The zero-order valence-corrected chi connectivity index (χ0v) is 43.6. The molecule has 0 radical (unpaired) electrons. The highest BCUT2D eigenvalue weighted by atomic mass is 32.2. The summed E-state index contributed by atoms with van der Waals surface area (Å²) in [7, 11) is 0. The Morgan fingerprint density at radius 2 is 0.679 bits per heavy atom. The molecule has 330 valence electrons. The summed E-state index contributed by atoms with van der Waals surface area (Å²) >= 11 is 3.76. The van der Waals surface area contributed by atoms with Crippen LogP contribution in [0.1, 0.15) is 214 Å². The minimum absolute atomic E-state index is 0.0216. The first-order valence-corrected chi connectivity index (χ1v) is 24.7. The van der Waals surface area contributed by atoms with Crippen LogP contribution >= 0.6 is 23.5 Å². The standard InChI is InChI=1S/C52H98O2S2/c1-42(2,3)39-34-40(47(12,13)51(20,21)49(16,17)45(8,9)37-43(4,5)26-24-30-55-32-28-53)36-41(35-39)48(14,15)52(22,23)50(18,19)46(10,11)38-44(6,7)27-25-31-56-33-29-54/h34-36,53-54H,24-33,37-38H2,1-23H3. The lowest BCUT2D eigenvalue weighted by atomic mass is 9.43. The van der Waals surface area contributed by atoms with Gasteiger partial charge in [0.05, 0.1) is 13.2 Å². The average molecular weight is 819 g/mol. The van der Waals surface area contributed by atoms with E-state index in [1.54, 1.807) is 0 Å². The summed E-state index contributed by atoms with van der Waals surface area (Å²) in [4.78, 5) is 0. The first-order chi connectivity index (χ1) is 24.9. The largest absolute Gasteiger partial charge is 0.396 e. The van der Waals surface area contributed by atoms with Gasteiger partial charge in [-0.25, -0.2) is 0 Å². The molecule has 0 bridgehead atoms. The van der Waals surface area contributed by atoms with E-state index in [2.05, 4.69) is 177 Å². The Balaban J connectivity index is 3.76. The number of hydrogen-bond acceptors (Lipinski definition) is 4. The normalized spacial score (nSPS) is 15.2. The predicted octanol–water partition coefficient (Wildman–Crippen LogP) is 15.5. The van der Waals surface area contributed by atoms with Crippen molar-refractivity contribution >= 4 is 23.5 Å². The van der Waals surface area contributed by atoms with Gasteiger partial charge in [-0.3, -0.25) is 0 Å². The second-order valence-electron chi connectivity index (χ2n) is 25.1. The van der Waals surface area contributed by atoms with Crippen LogP contribution in [0.25, 0.3) is 0 Å². The topological polar surface area (TPSA) is 40.5 Å². The third-order valence-corrected chi connectivity index (χ3v) is 19.6. The third-order valence-electron chi connectivity index (χ3n) is 17.5. The fourth-order valence-corrected chi connectivity index (χ4v) is 11.8. The average Bonchev–Trinajstić information content (AvgIpc) is 3.02. The maximum absolute atomic E-state index is 9.25. The number of benzene rings is 1. The summed E-state index contributed by atoms with van der Waals surface area (Å²) in [5, 5.41) is 18.5. The van der Waals surface area contributed by atoms with Gasteiger partial charge >= 0.3 is 0 Å². The van der Waals surface area contributed by atoms with Gasteiger partial charge in [-0.15, -0.1) is 0 Å². The van der Waals surface area contributed by atoms with Gasteiger partial charge in [0.25, 0.3) is 0 Å². The molecule has 1 aromatic carbocycles. The molecule has 2 nitrogen and oxygen atoms in total. The van der Waals surface area contributed by atoms with E-state index < -0.39 is 0 Å². The molecule has 0 saturated carbocycles. The van der Waals surface area contributed by atoms with E-state index in [0.29, 0.717) is 0 Å². The van der Waals surface area contributed by atoms with Crippen molar-refractivity contribution in [2.24, 2.45) is 43.3 Å². The zero-order valence-electron chi connectivity index (χ0n) is 41.9. The van der Waals surface area contributed by atoms with Crippen LogP contribution in [0.2, 0.25) is 0 Å². The number of aliphatic hydroxyl groups excluding tert-OH is 2. The highest BCUT2D eigenvalue weighted by Crippen LogP contribution is 2.65. The van der Waals surface area contributed by atoms with Crippen LogP contribution < -0.4 is 0 Å². The minimum atomic E-state index is -0.108. The summed E-state index contributed by atoms with van der Waals surface area (Å²) in [5.74, 6) is 3.95. The molecule has 56 heavy (non-hydrogen) atoms. The lowest BCUT2D eigenvalue weighted by Gasteiger charge is -2.61. The molecule has 0 aliphatic rings. The number of hydrogen-bond donors (Lipinski definition) is 2. The predicted molar refractivity (Wildman–Crippen MR) is 258 cm³/mol. The van der Waals surface area contributed by atoms with E-state index in [-0.39, 0.29) is 72.8 Å². The third kappa shape index (κ3) is 12.0. The smallest absolute Gasteiger partial charge is 0.0521 e. The van der Waals surface area contributed by atoms with Gasteiger partial charge in [0.15, 0.2) is 0 Å². The van der Waals surface area contributed by atoms with Crippen LogP contribution in [0.4, 0.5) is 0 Å². The summed E-state index contributed by atoms with van der Waals surface area (Å²) in [6.07, 6.45) is 7.19. The van der Waals surface area contributed by atoms with E-state index >= 15 is 0 Å². The molecule has 0 saturated heterocycles. The van der Waals surface area contributed by atoms with Crippen LogP contribution in [0.5, 0.6) is 0 Å². The van der Waals surface area contributed by atoms with Crippen molar-refractivity contribution in [1.29, 1.82) is 0 Å². The molecule has 0 aliphatic carbocycles. The Kier molecular flexibility index (Phi) is 18.1. The Labute approximate surface area is 360 Å². The van der Waals surface area contributed by atoms with Gasteiger partial charge in [-0.1, -0.05) is 177 Å². The van der Waals surface area contributed by atoms with Gasteiger partial charge < -0.3 is 10.2 Å². The number of aliphatic hydroxyl groups is 2. The molecule has 0 spiro atoms. The molecule has 0 amide bonds. The molecule has 0 unspecified atom stereocenters. The Bertz CT molecular complexity index is 1270. The van der Waals surface area contributed by atoms with Crippen LogP contribution in [-0.2, 0) is 16.2 Å². The fraction of sp³-hybridized carbons (Fsp3) is 0.885. The molecule has 4 heteroatoms. The fourth-order valence-electron chi connectivity index (χ4n) is 10.4. The monoisotopic (exact) mass is 819 g/mol. The molecule has 2 N–H and O–H groups in total. The van der Waals surface area contributed by atoms with E-state index in [0.717, 1.165) is 23.0 Å². The molecule has 1 aromatic rings. The maximum atomic E-state index is 9.25. The van der Waals surface area contributed by atoms with Gasteiger partial charge in [-0.05, 0) is 126 Å². The molecule has 0 aliphatic heterocycles. The van der Waals surface area contributed by atoms with Gasteiger partial charge in [-0.2, -0.15) is 23.5 Å². The maximum Gasteiger partial charge on any atom is 0.0521 e. The molecular formula is C52H98O2S2. The van der Waals surface area contributed by atoms with E-state index in [1.807, 2.05) is 23.5 Å². The minimum Gasteiger partial charge on any atom is -0.396 e. The molecule has 0 fully saturated rings. The summed E-state index contributed by atoms with van der Waals surface area (Å²) < 4.78 is 0. The van der Waals surface area contributed by atoms with Gasteiger partial charge in [0, 0.05) is 11.5 Å². The first kappa shape index (κ1) is 53.9. The van der Waals surface area contributed by atoms with Crippen LogP contribution in [-0.4, -0.2) is 46.4 Å². The Morgan fingerprint density at radius 1 is 0.393 bits per heavy atom. The van der Waals surface area contributed by atoms with Crippen LogP contribution in [0.15, 0.2) is 18.2 Å². The van der Waals surface area contributed by atoms with Crippen molar-refractivity contribution in [2.75, 3.05) is 36.2 Å². The van der Waals surface area contributed by atoms with Gasteiger partial charge in [0.1, 0.15) is 0 Å². The van der Waals surface area contributed by atoms with Crippen molar-refractivity contribution in [1.82, 2.24) is 0 Å². The summed E-state index contributed by atoms with van der Waals surface area (Å²) in [6.45, 7) is 58.4. The number of thioether (sulfide) groups is 2. The van der Waals surface area contributed by atoms with Crippen molar-refractivity contribution in [3.8, 4) is 0 Å². The molecule has 0 heterocycles. The van der Waals surface area contributed by atoms with Crippen molar-refractivity contribution < 1.29 is 10.2 Å². The zero-order chi connectivity index (χ0) is 44.3. The quantitative estimate of drug-likeness (QED) is 0.102. The van der Waals surface area contributed by atoms with Crippen molar-refractivity contribution in [2.45, 2.75) is 214 Å². The summed E-state index contributed by atoms with van der Waals surface area (Å²) in [5.41, 5.74) is 4.84. The Morgan fingerprint density at radius 3 is 0.946 bits per heavy atom. The molecule has 0 aromatic heterocycles. The molecule has 0 atom stereocenters. The van der Waals surface area contributed by atoms with Gasteiger partial charge in [0.2, 0.25) is 0 Å². The van der Waals surface area contributed by atoms with E-state index in [1.165, 1.54) is 55.2 Å². The van der Waals surface area contributed by atoms with E-state index in [4.69, 9.17) is 0 Å². The summed E-state index contributed by atoms with van der Waals surface area (Å²) in [6, 6.07) is 7.77. The first-order valence-electron chi connectivity index (χ1n) is 22.4. The SMILES string of the molecule is CC(C)(CCCSCCO)CC(C)(C)C(C)(C)C(C)(C)C(C)(C)c1cc(C(C)(C)C)cc(C(C)(C)C(C)(C)C(C)(C)C(C)(C)CC(C)(C)CCCSCCO)c1. The molecular weight excluding hydrogens is 721 g/mol. The second kappa shape index (κ2) is 18.8. The van der Waals surface area contributed by atoms with Crippen molar-refractivity contribution in [3.63, 3.8) is 0 Å². The second-order valence-corrected chi connectivity index (χ2v) is 27.6. The van der Waals surface area contributed by atoms with Crippen LogP contribution in [0.3, 0.4) is 0 Å². The van der Waals surface area contributed by atoms with Crippen LogP contribution in [0, 0.1) is 43.3 Å². The molecule has 1 rings (SSSR count). The lowest BCUT2D eigenvalue weighted by Crippen LogP contribution is -2.55. The van der Waals surface area contributed by atoms with Crippen molar-refractivity contribution in [3.05, 3.63) is 34.9 Å². The Hall–Kier alpha value is -0.160. The lowest BCUT2D eigenvalue weighted by molar-refractivity contribution is -0.0839. The number of rotatable bonds is 24. The highest BCUT2D eigenvalue weighted by molar-refractivity contribution is 7.99.